The smallest absolute Gasteiger partial charge is 0.222 e. The van der Waals surface area contributed by atoms with Crippen molar-refractivity contribution < 1.29 is 4.79 Å². The van der Waals surface area contributed by atoms with E-state index in [0.717, 1.165) is 32.5 Å². The van der Waals surface area contributed by atoms with Crippen LogP contribution in [-0.2, 0) is 4.79 Å². The first-order valence-corrected chi connectivity index (χ1v) is 8.63. The zero-order valence-corrected chi connectivity index (χ0v) is 13.9. The maximum atomic E-state index is 12.1. The van der Waals surface area contributed by atoms with Crippen molar-refractivity contribution in [2.24, 2.45) is 0 Å². The molecule has 1 amide bonds. The van der Waals surface area contributed by atoms with Gasteiger partial charge in [-0.25, -0.2) is 0 Å². The highest BCUT2D eigenvalue weighted by atomic mass is 16.2. The van der Waals surface area contributed by atoms with E-state index in [1.54, 1.807) is 0 Å². The zero-order chi connectivity index (χ0) is 14.8. The maximum Gasteiger partial charge on any atom is 0.222 e. The van der Waals surface area contributed by atoms with Crippen LogP contribution in [-0.4, -0.2) is 48.4 Å². The van der Waals surface area contributed by atoms with Crippen molar-refractivity contribution >= 4 is 5.91 Å². The summed E-state index contributed by atoms with van der Waals surface area (Å²) < 4.78 is 0. The van der Waals surface area contributed by atoms with Gasteiger partial charge in [0.2, 0.25) is 5.91 Å². The van der Waals surface area contributed by atoms with Crippen molar-refractivity contribution in [3.05, 3.63) is 0 Å². The number of piperazine rings is 1. The Kier molecular flexibility index (Phi) is 8.92. The Morgan fingerprint density at radius 2 is 1.60 bits per heavy atom. The Labute approximate surface area is 125 Å². The molecule has 0 radical (unpaired) electrons. The second-order valence-electron chi connectivity index (χ2n) is 6.39. The first-order chi connectivity index (χ1) is 9.65. The fraction of sp³-hybridized carbons (Fsp3) is 0.941. The fourth-order valence-corrected chi connectivity index (χ4v) is 2.84. The van der Waals surface area contributed by atoms with Crippen LogP contribution in [0.15, 0.2) is 0 Å². The van der Waals surface area contributed by atoms with Crippen LogP contribution in [0.25, 0.3) is 0 Å². The van der Waals surface area contributed by atoms with Crippen molar-refractivity contribution in [3.63, 3.8) is 0 Å². The molecule has 1 aliphatic heterocycles. The summed E-state index contributed by atoms with van der Waals surface area (Å²) in [6.45, 7) is 7.30. The largest absolute Gasteiger partial charge is 0.340 e. The highest BCUT2D eigenvalue weighted by Crippen LogP contribution is 2.12. The number of rotatable bonds is 9. The van der Waals surface area contributed by atoms with Gasteiger partial charge in [-0.2, -0.15) is 0 Å². The van der Waals surface area contributed by atoms with Gasteiger partial charge in [0.15, 0.2) is 0 Å². The maximum absolute atomic E-state index is 12.1. The van der Waals surface area contributed by atoms with E-state index < -0.39 is 0 Å². The van der Waals surface area contributed by atoms with Crippen LogP contribution < -0.4 is 0 Å². The number of nitrogens with zero attached hydrogens (tertiary/aromatic N) is 2. The standard InChI is InChI=1S/C17H34N2O/c1-4-5-6-7-8-9-10-11-12-17(20)19-14-13-18(3)16(2)15-19/h16H,4-15H2,1-3H3. The third-order valence-corrected chi connectivity index (χ3v) is 4.56. The lowest BCUT2D eigenvalue weighted by atomic mass is 10.1. The molecule has 0 aliphatic carbocycles. The summed E-state index contributed by atoms with van der Waals surface area (Å²) >= 11 is 0. The highest BCUT2D eigenvalue weighted by molar-refractivity contribution is 5.76. The molecule has 3 heteroatoms. The normalized spacial score (nSPS) is 20.4. The molecule has 1 aliphatic rings. The summed E-state index contributed by atoms with van der Waals surface area (Å²) in [7, 11) is 2.14. The molecule has 0 N–H and O–H groups in total. The Bertz CT molecular complexity index is 268. The van der Waals surface area contributed by atoms with Crippen molar-refractivity contribution in [1.82, 2.24) is 9.80 Å². The van der Waals surface area contributed by atoms with Crippen molar-refractivity contribution in [3.8, 4) is 0 Å². The molecule has 1 rings (SSSR count). The second kappa shape index (κ2) is 10.2. The highest BCUT2D eigenvalue weighted by Gasteiger charge is 2.23. The Balaban J connectivity index is 2.00. The zero-order valence-electron chi connectivity index (χ0n) is 13.9. The van der Waals surface area contributed by atoms with Crippen LogP contribution in [0.2, 0.25) is 0 Å². The van der Waals surface area contributed by atoms with Gasteiger partial charge >= 0.3 is 0 Å². The molecule has 0 bridgehead atoms. The van der Waals surface area contributed by atoms with E-state index in [0.29, 0.717) is 11.9 Å². The van der Waals surface area contributed by atoms with E-state index in [1.165, 1.54) is 44.9 Å². The van der Waals surface area contributed by atoms with Crippen LogP contribution in [0, 0.1) is 0 Å². The van der Waals surface area contributed by atoms with Gasteiger partial charge in [0.25, 0.3) is 0 Å². The van der Waals surface area contributed by atoms with Crippen LogP contribution in [0.3, 0.4) is 0 Å². The van der Waals surface area contributed by atoms with Crippen LogP contribution in [0.1, 0.15) is 71.6 Å². The number of carbonyl (C=O) groups excluding carboxylic acids is 1. The molecule has 0 aromatic carbocycles. The van der Waals surface area contributed by atoms with Crippen molar-refractivity contribution in [2.45, 2.75) is 77.7 Å². The molecular formula is C17H34N2O. The SMILES string of the molecule is CCCCCCCCCCC(=O)N1CCN(C)C(C)C1. The third-order valence-electron chi connectivity index (χ3n) is 4.56. The van der Waals surface area contributed by atoms with Crippen molar-refractivity contribution in [1.29, 1.82) is 0 Å². The van der Waals surface area contributed by atoms with E-state index in [4.69, 9.17) is 0 Å². The average molecular weight is 282 g/mol. The number of unbranched alkanes of at least 4 members (excludes halogenated alkanes) is 7. The molecule has 3 nitrogen and oxygen atoms in total. The monoisotopic (exact) mass is 282 g/mol. The van der Waals surface area contributed by atoms with Gasteiger partial charge in [-0.05, 0) is 20.4 Å². The number of likely N-dealkylation sites (N-methyl/N-ethyl adjacent to an activating group) is 1. The molecule has 1 atom stereocenters. The molecule has 1 unspecified atom stereocenters. The van der Waals surface area contributed by atoms with E-state index in [9.17, 15) is 4.79 Å². The fourth-order valence-electron chi connectivity index (χ4n) is 2.84. The molecule has 1 fully saturated rings. The molecule has 0 spiro atoms. The van der Waals surface area contributed by atoms with Gasteiger partial charge in [0.1, 0.15) is 0 Å². The first-order valence-electron chi connectivity index (χ1n) is 8.63. The minimum Gasteiger partial charge on any atom is -0.340 e. The lowest BCUT2D eigenvalue weighted by Gasteiger charge is -2.37. The minimum atomic E-state index is 0.371. The van der Waals surface area contributed by atoms with E-state index in [2.05, 4.69) is 30.7 Å². The minimum absolute atomic E-state index is 0.371. The van der Waals surface area contributed by atoms with Gasteiger partial charge < -0.3 is 9.80 Å². The molecule has 1 saturated heterocycles. The van der Waals surface area contributed by atoms with Gasteiger partial charge in [0, 0.05) is 32.1 Å². The topological polar surface area (TPSA) is 23.6 Å². The molecule has 0 saturated carbocycles. The number of amides is 1. The van der Waals surface area contributed by atoms with E-state index >= 15 is 0 Å². The van der Waals surface area contributed by atoms with Crippen LogP contribution >= 0.6 is 0 Å². The lowest BCUT2D eigenvalue weighted by molar-refractivity contribution is -0.133. The Morgan fingerprint density at radius 1 is 1.00 bits per heavy atom. The third kappa shape index (κ3) is 6.74. The van der Waals surface area contributed by atoms with Gasteiger partial charge in [-0.3, -0.25) is 4.79 Å². The predicted octanol–water partition coefficient (Wildman–Crippen LogP) is 3.68. The molecule has 0 aromatic heterocycles. The Morgan fingerprint density at radius 3 is 2.20 bits per heavy atom. The van der Waals surface area contributed by atoms with Crippen LogP contribution in [0.5, 0.6) is 0 Å². The summed E-state index contributed by atoms with van der Waals surface area (Å²) in [4.78, 5) is 16.5. The molecule has 20 heavy (non-hydrogen) atoms. The Hall–Kier alpha value is -0.570. The number of carbonyl (C=O) groups is 1. The van der Waals surface area contributed by atoms with Gasteiger partial charge in [-0.1, -0.05) is 51.9 Å². The predicted molar refractivity (Wildman–Crippen MR) is 85.9 cm³/mol. The summed E-state index contributed by atoms with van der Waals surface area (Å²) in [5, 5.41) is 0. The number of hydrogen-bond donors (Lipinski definition) is 0. The second-order valence-corrected chi connectivity index (χ2v) is 6.39. The summed E-state index contributed by atoms with van der Waals surface area (Å²) in [5.74, 6) is 0.371. The average Bonchev–Trinajstić information content (AvgIpc) is 2.44. The van der Waals surface area contributed by atoms with Crippen molar-refractivity contribution in [2.75, 3.05) is 26.7 Å². The van der Waals surface area contributed by atoms with Crippen LogP contribution in [0.4, 0.5) is 0 Å². The summed E-state index contributed by atoms with van der Waals surface area (Å²) in [5.41, 5.74) is 0. The molecule has 0 aromatic rings. The van der Waals surface area contributed by atoms with E-state index in [1.807, 2.05) is 0 Å². The number of hydrogen-bond acceptors (Lipinski definition) is 2. The molecule has 118 valence electrons. The quantitative estimate of drug-likeness (QED) is 0.602. The first kappa shape index (κ1) is 17.5. The molecular weight excluding hydrogens is 248 g/mol. The summed E-state index contributed by atoms with van der Waals surface area (Å²) in [6, 6.07) is 0.506. The van der Waals surface area contributed by atoms with Gasteiger partial charge in [-0.15, -0.1) is 0 Å². The van der Waals surface area contributed by atoms with E-state index in [-0.39, 0.29) is 0 Å². The molecule has 1 heterocycles. The lowest BCUT2D eigenvalue weighted by Crippen LogP contribution is -2.51. The summed E-state index contributed by atoms with van der Waals surface area (Å²) in [6.07, 6.45) is 11.2. The van der Waals surface area contributed by atoms with Gasteiger partial charge in [0.05, 0.1) is 0 Å².